The fraction of sp³-hybridized carbons (Fsp3) is 0.385. The van der Waals surface area contributed by atoms with E-state index in [9.17, 15) is 13.2 Å². The van der Waals surface area contributed by atoms with E-state index in [1.165, 1.54) is 10.6 Å². The average molecular weight is 339 g/mol. The van der Waals surface area contributed by atoms with Gasteiger partial charge in [-0.3, -0.25) is 4.79 Å². The van der Waals surface area contributed by atoms with Gasteiger partial charge in [0.2, 0.25) is 5.91 Å². The number of carbonyl (C=O) groups excluding carboxylic acids is 1. The molecule has 0 radical (unpaired) electrons. The lowest BCUT2D eigenvalue weighted by Gasteiger charge is -2.15. The van der Waals surface area contributed by atoms with Crippen LogP contribution in [-0.4, -0.2) is 43.4 Å². The highest BCUT2D eigenvalue weighted by Crippen LogP contribution is 2.35. The predicted octanol–water partition coefficient (Wildman–Crippen LogP) is 0.770. The van der Waals surface area contributed by atoms with Crippen molar-refractivity contribution in [2.24, 2.45) is 11.8 Å². The van der Waals surface area contributed by atoms with E-state index in [1.807, 2.05) is 0 Å². The van der Waals surface area contributed by atoms with Gasteiger partial charge in [-0.05, 0) is 12.1 Å². The molecular formula is C13H13N3O4S2. The van der Waals surface area contributed by atoms with Crippen LogP contribution in [0.15, 0.2) is 33.2 Å². The number of aromatic nitrogens is 1. The number of nitrogens with one attached hydrogen (secondary N) is 1. The van der Waals surface area contributed by atoms with Gasteiger partial charge in [-0.25, -0.2) is 8.42 Å². The second kappa shape index (κ2) is 4.90. The quantitative estimate of drug-likeness (QED) is 0.892. The molecule has 0 aromatic carbocycles. The summed E-state index contributed by atoms with van der Waals surface area (Å²) in [6.45, 7) is 1.21. The monoisotopic (exact) mass is 339 g/mol. The Balaban J connectivity index is 1.61. The summed E-state index contributed by atoms with van der Waals surface area (Å²) >= 11 is 1.16. The van der Waals surface area contributed by atoms with Crippen LogP contribution in [0.1, 0.15) is 0 Å². The van der Waals surface area contributed by atoms with Gasteiger partial charge in [-0.2, -0.15) is 4.31 Å². The van der Waals surface area contributed by atoms with Crippen molar-refractivity contribution in [1.29, 1.82) is 0 Å². The number of rotatable bonds is 3. The first kappa shape index (κ1) is 13.9. The maximum atomic E-state index is 12.7. The Hall–Kier alpha value is -1.71. The Morgan fingerprint density at radius 3 is 2.91 bits per heavy atom. The number of amides is 1. The molecule has 2 atom stereocenters. The molecule has 1 amide bonds. The molecule has 0 unspecified atom stereocenters. The molecule has 22 heavy (non-hydrogen) atoms. The zero-order valence-electron chi connectivity index (χ0n) is 11.4. The molecule has 0 spiro atoms. The standard InChI is InChI=1S/C13H13N3O4S2/c17-13-9-7-16(6-8(9)5-14-13)22(18,19)12-2-1-11(21-12)10-3-4-20-15-10/h1-4,8-9H,5-7H2,(H,14,17)/t8-,9+/m0/s1. The van der Waals surface area contributed by atoms with Crippen LogP contribution < -0.4 is 5.32 Å². The zero-order chi connectivity index (χ0) is 15.3. The first-order valence-electron chi connectivity index (χ1n) is 6.84. The summed E-state index contributed by atoms with van der Waals surface area (Å²) in [4.78, 5) is 12.4. The Bertz CT molecular complexity index is 812. The molecule has 0 bridgehead atoms. The topological polar surface area (TPSA) is 92.5 Å². The van der Waals surface area contributed by atoms with Crippen LogP contribution in [0.3, 0.4) is 0 Å². The van der Waals surface area contributed by atoms with Crippen molar-refractivity contribution in [3.8, 4) is 10.6 Å². The fourth-order valence-electron chi connectivity index (χ4n) is 2.96. The normalized spacial score (nSPS) is 25.4. The Kier molecular flexibility index (Phi) is 3.10. The molecule has 9 heteroatoms. The number of carbonyl (C=O) groups is 1. The summed E-state index contributed by atoms with van der Waals surface area (Å²) in [6, 6.07) is 4.99. The molecule has 116 valence electrons. The molecule has 2 saturated heterocycles. The van der Waals surface area contributed by atoms with Crippen LogP contribution in [0.5, 0.6) is 0 Å². The summed E-state index contributed by atoms with van der Waals surface area (Å²) in [5.74, 6) is -0.181. The first-order valence-corrected chi connectivity index (χ1v) is 9.10. The molecule has 2 aliphatic heterocycles. The minimum Gasteiger partial charge on any atom is -0.364 e. The first-order chi connectivity index (χ1) is 10.6. The molecular weight excluding hydrogens is 326 g/mol. The van der Waals surface area contributed by atoms with Gasteiger partial charge in [0, 0.05) is 31.6 Å². The van der Waals surface area contributed by atoms with Gasteiger partial charge < -0.3 is 9.84 Å². The smallest absolute Gasteiger partial charge is 0.252 e. The third-order valence-electron chi connectivity index (χ3n) is 4.15. The van der Waals surface area contributed by atoms with E-state index < -0.39 is 10.0 Å². The van der Waals surface area contributed by atoms with Gasteiger partial charge in [0.1, 0.15) is 16.2 Å². The summed E-state index contributed by atoms with van der Waals surface area (Å²) < 4.78 is 31.9. The van der Waals surface area contributed by atoms with E-state index in [1.54, 1.807) is 18.2 Å². The maximum absolute atomic E-state index is 12.7. The predicted molar refractivity (Wildman–Crippen MR) is 78.6 cm³/mol. The van der Waals surface area contributed by atoms with E-state index in [2.05, 4.69) is 10.5 Å². The van der Waals surface area contributed by atoms with Crippen molar-refractivity contribution in [2.75, 3.05) is 19.6 Å². The average Bonchev–Trinajstić information content (AvgIpc) is 3.25. The van der Waals surface area contributed by atoms with Crippen LogP contribution in [0.25, 0.3) is 10.6 Å². The Morgan fingerprint density at radius 2 is 2.18 bits per heavy atom. The molecule has 2 fully saturated rings. The molecule has 0 aliphatic carbocycles. The van der Waals surface area contributed by atoms with E-state index in [0.717, 1.165) is 16.2 Å². The number of hydrogen-bond acceptors (Lipinski definition) is 6. The second-order valence-corrected chi connectivity index (χ2v) is 8.69. The lowest BCUT2D eigenvalue weighted by Crippen LogP contribution is -2.33. The summed E-state index contributed by atoms with van der Waals surface area (Å²) in [6.07, 6.45) is 1.45. The zero-order valence-corrected chi connectivity index (χ0v) is 13.1. The van der Waals surface area contributed by atoms with Gasteiger partial charge in [0.05, 0.1) is 10.8 Å². The number of nitrogens with zero attached hydrogens (tertiary/aromatic N) is 2. The van der Waals surface area contributed by atoms with Gasteiger partial charge in [-0.15, -0.1) is 11.3 Å². The minimum atomic E-state index is -3.56. The number of hydrogen-bond donors (Lipinski definition) is 1. The van der Waals surface area contributed by atoms with Crippen molar-refractivity contribution >= 4 is 27.3 Å². The van der Waals surface area contributed by atoms with E-state index in [0.29, 0.717) is 18.8 Å². The highest BCUT2D eigenvalue weighted by atomic mass is 32.2. The van der Waals surface area contributed by atoms with E-state index >= 15 is 0 Å². The van der Waals surface area contributed by atoms with Gasteiger partial charge in [0.15, 0.2) is 0 Å². The van der Waals surface area contributed by atoms with Crippen molar-refractivity contribution in [3.63, 3.8) is 0 Å². The summed E-state index contributed by atoms with van der Waals surface area (Å²) in [7, 11) is -3.56. The van der Waals surface area contributed by atoms with E-state index in [-0.39, 0.29) is 28.5 Å². The lowest BCUT2D eigenvalue weighted by molar-refractivity contribution is -0.122. The molecule has 2 aliphatic rings. The molecule has 4 rings (SSSR count). The van der Waals surface area contributed by atoms with Crippen LogP contribution in [0.2, 0.25) is 0 Å². The van der Waals surface area contributed by atoms with Crippen molar-refractivity contribution in [1.82, 2.24) is 14.8 Å². The minimum absolute atomic E-state index is 0.0443. The highest BCUT2D eigenvalue weighted by Gasteiger charge is 2.46. The third-order valence-corrected chi connectivity index (χ3v) is 7.56. The maximum Gasteiger partial charge on any atom is 0.252 e. The SMILES string of the molecule is O=C1NC[C@H]2CN(S(=O)(=O)c3ccc(-c4ccon4)s3)C[C@@H]12. The van der Waals surface area contributed by atoms with E-state index in [4.69, 9.17) is 4.52 Å². The van der Waals surface area contributed by atoms with Crippen molar-refractivity contribution < 1.29 is 17.7 Å². The third kappa shape index (κ3) is 2.08. The van der Waals surface area contributed by atoms with Gasteiger partial charge >= 0.3 is 0 Å². The molecule has 4 heterocycles. The fourth-order valence-corrected chi connectivity index (χ4v) is 5.90. The summed E-state index contributed by atoms with van der Waals surface area (Å²) in [5.41, 5.74) is 0.615. The number of thiophene rings is 1. The van der Waals surface area contributed by atoms with Gasteiger partial charge in [-0.1, -0.05) is 5.16 Å². The highest BCUT2D eigenvalue weighted by molar-refractivity contribution is 7.91. The van der Waals surface area contributed by atoms with Crippen LogP contribution in [0, 0.1) is 11.8 Å². The van der Waals surface area contributed by atoms with Crippen molar-refractivity contribution in [2.45, 2.75) is 4.21 Å². The second-order valence-electron chi connectivity index (χ2n) is 5.44. The van der Waals surface area contributed by atoms with Crippen molar-refractivity contribution in [3.05, 3.63) is 24.5 Å². The Labute approximate surface area is 131 Å². The molecule has 2 aromatic heterocycles. The number of fused-ring (bicyclic) bond motifs is 1. The number of sulfonamides is 1. The molecule has 7 nitrogen and oxygen atoms in total. The van der Waals surface area contributed by atoms with Crippen LogP contribution in [0.4, 0.5) is 0 Å². The van der Waals surface area contributed by atoms with Gasteiger partial charge in [0.25, 0.3) is 10.0 Å². The molecule has 2 aromatic rings. The largest absolute Gasteiger partial charge is 0.364 e. The Morgan fingerprint density at radius 1 is 1.32 bits per heavy atom. The molecule has 1 N–H and O–H groups in total. The lowest BCUT2D eigenvalue weighted by atomic mass is 10.0. The van der Waals surface area contributed by atoms with Crippen LogP contribution >= 0.6 is 11.3 Å². The molecule has 0 saturated carbocycles. The summed E-state index contributed by atoms with van der Waals surface area (Å²) in [5, 5.41) is 6.59. The van der Waals surface area contributed by atoms with Crippen LogP contribution in [-0.2, 0) is 14.8 Å².